The number of rotatable bonds is 6. The number of hydrogen-bond donors (Lipinski definition) is 0. The molecule has 1 fully saturated rings. The zero-order valence-electron chi connectivity index (χ0n) is 15.3. The summed E-state index contributed by atoms with van der Waals surface area (Å²) >= 11 is 0. The molecule has 25 heavy (non-hydrogen) atoms. The zero-order chi connectivity index (χ0) is 17.8. The minimum atomic E-state index is 0.0915. The Morgan fingerprint density at radius 1 is 1.24 bits per heavy atom. The van der Waals surface area contributed by atoms with Gasteiger partial charge in [-0.2, -0.15) is 0 Å². The molecular weight excluding hydrogens is 314 g/mol. The first-order chi connectivity index (χ1) is 12.1. The Balaban J connectivity index is 1.75. The Hall–Kier alpha value is -2.23. The van der Waals surface area contributed by atoms with E-state index in [9.17, 15) is 4.79 Å². The highest BCUT2D eigenvalue weighted by atomic mass is 16.5. The molecule has 1 aliphatic carbocycles. The summed E-state index contributed by atoms with van der Waals surface area (Å²) in [5.74, 6) is 1.46. The van der Waals surface area contributed by atoms with Crippen molar-refractivity contribution in [3.05, 3.63) is 47.7 Å². The Bertz CT molecular complexity index is 686. The van der Waals surface area contributed by atoms with Crippen LogP contribution in [0.4, 0.5) is 0 Å². The summed E-state index contributed by atoms with van der Waals surface area (Å²) in [6.07, 6.45) is 11.0. The molecule has 3 rings (SSSR count). The van der Waals surface area contributed by atoms with Crippen LogP contribution < -0.4 is 9.47 Å². The van der Waals surface area contributed by atoms with Crippen molar-refractivity contribution >= 4 is 5.78 Å². The van der Waals surface area contributed by atoms with E-state index in [1.807, 2.05) is 37.3 Å². The summed E-state index contributed by atoms with van der Waals surface area (Å²) in [5.41, 5.74) is 1.78. The van der Waals surface area contributed by atoms with Gasteiger partial charge < -0.3 is 14.4 Å². The smallest absolute Gasteiger partial charge is 0.182 e. The quantitative estimate of drug-likeness (QED) is 0.721. The molecule has 0 bridgehead atoms. The molecule has 0 saturated heterocycles. The molecule has 134 valence electrons. The van der Waals surface area contributed by atoms with Crippen LogP contribution in [0.5, 0.6) is 11.5 Å². The molecule has 0 aromatic heterocycles. The Labute approximate surface area is 150 Å². The van der Waals surface area contributed by atoms with Gasteiger partial charge in [-0.15, -0.1) is 0 Å². The Morgan fingerprint density at radius 3 is 2.68 bits per heavy atom. The lowest BCUT2D eigenvalue weighted by Gasteiger charge is -2.31. The molecule has 1 saturated carbocycles. The summed E-state index contributed by atoms with van der Waals surface area (Å²) < 4.78 is 11.5. The van der Waals surface area contributed by atoms with Crippen LogP contribution in [0.1, 0.15) is 49.9 Å². The van der Waals surface area contributed by atoms with Crippen molar-refractivity contribution in [1.29, 1.82) is 0 Å². The van der Waals surface area contributed by atoms with Crippen molar-refractivity contribution in [3.63, 3.8) is 0 Å². The Kier molecular flexibility index (Phi) is 5.47. The highest BCUT2D eigenvalue weighted by Gasteiger charge is 2.22. The summed E-state index contributed by atoms with van der Waals surface area (Å²) in [7, 11) is 1.63. The van der Waals surface area contributed by atoms with Crippen LogP contribution in [0.3, 0.4) is 0 Å². The monoisotopic (exact) mass is 341 g/mol. The van der Waals surface area contributed by atoms with Crippen LogP contribution in [0.15, 0.2) is 42.1 Å². The fourth-order valence-electron chi connectivity index (χ4n) is 3.52. The maximum Gasteiger partial charge on any atom is 0.182 e. The van der Waals surface area contributed by atoms with Crippen molar-refractivity contribution in [1.82, 2.24) is 4.90 Å². The molecule has 0 N–H and O–H groups in total. The van der Waals surface area contributed by atoms with Crippen molar-refractivity contribution in [2.24, 2.45) is 0 Å². The second kappa shape index (κ2) is 7.77. The number of allylic oxidation sites excluding steroid dienone is 3. The fraction of sp³-hybridized carbons (Fsp3) is 0.476. The van der Waals surface area contributed by atoms with Crippen molar-refractivity contribution in [2.45, 2.75) is 51.7 Å². The lowest BCUT2D eigenvalue weighted by atomic mass is 10.1. The van der Waals surface area contributed by atoms with Crippen LogP contribution in [0, 0.1) is 0 Å². The van der Waals surface area contributed by atoms with E-state index in [-0.39, 0.29) is 17.9 Å². The maximum absolute atomic E-state index is 12.8. The number of hydrogen-bond acceptors (Lipinski definition) is 4. The van der Waals surface area contributed by atoms with Crippen LogP contribution in [0.25, 0.3) is 0 Å². The number of ketones is 1. The number of Topliss-reactive ketones (excluding diaryl/α,β-unsaturated/α-hetero) is 1. The molecule has 4 heteroatoms. The number of nitrogens with zero attached hydrogens (tertiary/aromatic N) is 1. The zero-order valence-corrected chi connectivity index (χ0v) is 15.3. The lowest BCUT2D eigenvalue weighted by molar-refractivity contribution is 0.0938. The van der Waals surface area contributed by atoms with Gasteiger partial charge >= 0.3 is 0 Å². The molecule has 1 aromatic carbocycles. The summed E-state index contributed by atoms with van der Waals surface area (Å²) in [4.78, 5) is 14.9. The average molecular weight is 341 g/mol. The normalized spacial score (nSPS) is 20.5. The highest BCUT2D eigenvalue weighted by Crippen LogP contribution is 2.32. The van der Waals surface area contributed by atoms with Crippen molar-refractivity contribution < 1.29 is 14.3 Å². The van der Waals surface area contributed by atoms with Gasteiger partial charge in [0.2, 0.25) is 0 Å². The van der Waals surface area contributed by atoms with Crippen LogP contribution in [-0.4, -0.2) is 36.5 Å². The van der Waals surface area contributed by atoms with Gasteiger partial charge in [-0.25, -0.2) is 0 Å². The molecule has 4 nitrogen and oxygen atoms in total. The van der Waals surface area contributed by atoms with Gasteiger partial charge in [0.15, 0.2) is 17.3 Å². The van der Waals surface area contributed by atoms with Crippen LogP contribution in [0.2, 0.25) is 0 Å². The fourth-order valence-corrected chi connectivity index (χ4v) is 3.52. The largest absolute Gasteiger partial charge is 0.493 e. The molecule has 1 heterocycles. The van der Waals surface area contributed by atoms with Crippen LogP contribution >= 0.6 is 0 Å². The van der Waals surface area contributed by atoms with E-state index in [0.717, 1.165) is 18.5 Å². The first-order valence-corrected chi connectivity index (χ1v) is 9.08. The third kappa shape index (κ3) is 4.06. The predicted molar refractivity (Wildman–Crippen MR) is 99.3 cm³/mol. The molecular formula is C21H27NO3. The van der Waals surface area contributed by atoms with Gasteiger partial charge in [-0.1, -0.05) is 12.2 Å². The number of ether oxygens (including phenoxy) is 2. The molecule has 0 spiro atoms. The predicted octanol–water partition coefficient (Wildman–Crippen LogP) is 4.36. The number of carbonyl (C=O) groups excluding carboxylic acids is 1. The third-order valence-electron chi connectivity index (χ3n) is 5.07. The Morgan fingerprint density at radius 2 is 2.00 bits per heavy atom. The maximum atomic E-state index is 12.8. The lowest BCUT2D eigenvalue weighted by Crippen LogP contribution is -2.36. The van der Waals surface area contributed by atoms with Gasteiger partial charge in [0.25, 0.3) is 0 Å². The van der Waals surface area contributed by atoms with Crippen LogP contribution in [-0.2, 0) is 0 Å². The van der Waals surface area contributed by atoms with E-state index in [4.69, 9.17) is 9.47 Å². The molecule has 1 atom stereocenters. The van der Waals surface area contributed by atoms with Gasteiger partial charge in [0, 0.05) is 17.3 Å². The molecule has 1 unspecified atom stereocenters. The first kappa shape index (κ1) is 17.6. The second-order valence-electron chi connectivity index (χ2n) is 6.87. The molecule has 0 amide bonds. The van der Waals surface area contributed by atoms with Gasteiger partial charge in [0.05, 0.1) is 19.8 Å². The van der Waals surface area contributed by atoms with E-state index in [2.05, 4.69) is 17.9 Å². The SMILES string of the molecule is COc1ccc(C(=O)CN2C(C)=CC=CC2C)cc1OC1CCCC1. The van der Waals surface area contributed by atoms with Gasteiger partial charge in [-0.3, -0.25) is 4.79 Å². The molecule has 2 aliphatic rings. The first-order valence-electron chi connectivity index (χ1n) is 9.08. The molecule has 1 aromatic rings. The topological polar surface area (TPSA) is 38.8 Å². The average Bonchev–Trinajstić information content (AvgIpc) is 3.11. The van der Waals surface area contributed by atoms with Gasteiger partial charge in [0.1, 0.15) is 0 Å². The molecule has 1 aliphatic heterocycles. The van der Waals surface area contributed by atoms with Crippen molar-refractivity contribution in [3.8, 4) is 11.5 Å². The third-order valence-corrected chi connectivity index (χ3v) is 5.07. The number of methoxy groups -OCH3 is 1. The van der Waals surface area contributed by atoms with E-state index in [1.165, 1.54) is 12.8 Å². The minimum Gasteiger partial charge on any atom is -0.493 e. The van der Waals surface area contributed by atoms with E-state index < -0.39 is 0 Å². The van der Waals surface area contributed by atoms with E-state index >= 15 is 0 Å². The summed E-state index contributed by atoms with van der Waals surface area (Å²) in [5, 5.41) is 0. The standard InChI is InChI=1S/C21H27NO3/c1-15-7-6-8-16(2)22(15)14-19(23)17-11-12-20(24-3)21(13-17)25-18-9-4-5-10-18/h6-8,11-13,15,18H,4-5,9-10,14H2,1-3H3. The van der Waals surface area contributed by atoms with Gasteiger partial charge in [-0.05, 0) is 63.8 Å². The van der Waals surface area contributed by atoms with E-state index in [1.54, 1.807) is 7.11 Å². The number of benzene rings is 1. The van der Waals surface area contributed by atoms with Crippen molar-refractivity contribution in [2.75, 3.05) is 13.7 Å². The second-order valence-corrected chi connectivity index (χ2v) is 6.87. The van der Waals surface area contributed by atoms with E-state index in [0.29, 0.717) is 23.6 Å². The highest BCUT2D eigenvalue weighted by molar-refractivity contribution is 5.98. The minimum absolute atomic E-state index is 0.0915. The number of carbonyl (C=O) groups is 1. The summed E-state index contributed by atoms with van der Waals surface area (Å²) in [6.45, 7) is 4.50. The summed E-state index contributed by atoms with van der Waals surface area (Å²) in [6, 6.07) is 5.72. The molecule has 0 radical (unpaired) electrons.